The van der Waals surface area contributed by atoms with E-state index in [9.17, 15) is 23.1 Å². The van der Waals surface area contributed by atoms with Gasteiger partial charge in [-0.2, -0.15) is 18.3 Å². The lowest BCUT2D eigenvalue weighted by Gasteiger charge is -2.10. The fraction of sp³-hybridized carbons (Fsp3) is 0.182. The largest absolute Gasteiger partial charge is 0.492 e. The Balaban J connectivity index is 1.53. The standard InChI is InChI=1S/C22H15F3N4O3S/c23-22(24,25)10-29-19(26-11-27-29)20-28-18-15-5-4-13(9-16(15)32-7-6-17(18)33-20)12-2-1-3-14(8-12)21(30)31/h1-5,8-9,11H,6-7,10H2,(H,30,31). The number of nitrogens with zero attached hydrogens (tertiary/aromatic N) is 4. The predicted octanol–water partition coefficient (Wildman–Crippen LogP) is 4.93. The van der Waals surface area contributed by atoms with E-state index in [1.807, 2.05) is 24.3 Å². The van der Waals surface area contributed by atoms with Crippen molar-refractivity contribution in [1.82, 2.24) is 19.7 Å². The molecule has 0 atom stereocenters. The Hall–Kier alpha value is -3.73. The average Bonchev–Trinajstić information content (AvgIpc) is 3.35. The molecule has 2 aromatic heterocycles. The summed E-state index contributed by atoms with van der Waals surface area (Å²) in [6, 6.07) is 12.1. The quantitative estimate of drug-likeness (QED) is 0.453. The van der Waals surface area contributed by atoms with E-state index >= 15 is 0 Å². The summed E-state index contributed by atoms with van der Waals surface area (Å²) >= 11 is 1.27. The second kappa shape index (κ2) is 8.00. The third-order valence-electron chi connectivity index (χ3n) is 5.10. The number of hydrogen-bond acceptors (Lipinski definition) is 6. The van der Waals surface area contributed by atoms with Crippen LogP contribution in [0.2, 0.25) is 0 Å². The minimum absolute atomic E-state index is 0.0648. The first-order chi connectivity index (χ1) is 15.8. The molecule has 2 aromatic carbocycles. The highest BCUT2D eigenvalue weighted by Crippen LogP contribution is 2.41. The van der Waals surface area contributed by atoms with E-state index in [0.29, 0.717) is 35.0 Å². The second-order valence-corrected chi connectivity index (χ2v) is 8.43. The number of carboxylic acids is 1. The van der Waals surface area contributed by atoms with Gasteiger partial charge in [0.1, 0.15) is 18.6 Å². The molecule has 33 heavy (non-hydrogen) atoms. The molecule has 0 spiro atoms. The van der Waals surface area contributed by atoms with Gasteiger partial charge in [0.2, 0.25) is 0 Å². The first-order valence-electron chi connectivity index (χ1n) is 9.84. The van der Waals surface area contributed by atoms with E-state index in [0.717, 1.165) is 27.0 Å². The smallest absolute Gasteiger partial charge is 0.408 e. The first kappa shape index (κ1) is 21.1. The van der Waals surface area contributed by atoms with Gasteiger partial charge < -0.3 is 9.84 Å². The lowest BCUT2D eigenvalue weighted by Crippen LogP contribution is -2.19. The number of carbonyl (C=O) groups is 1. The van der Waals surface area contributed by atoms with Gasteiger partial charge >= 0.3 is 12.1 Å². The normalized spacial score (nSPS) is 13.1. The van der Waals surface area contributed by atoms with Crippen molar-refractivity contribution in [3.8, 4) is 39.0 Å². The summed E-state index contributed by atoms with van der Waals surface area (Å²) in [7, 11) is 0. The van der Waals surface area contributed by atoms with Crippen LogP contribution in [-0.2, 0) is 13.0 Å². The van der Waals surface area contributed by atoms with Crippen molar-refractivity contribution in [3.63, 3.8) is 0 Å². The van der Waals surface area contributed by atoms with Gasteiger partial charge in [-0.25, -0.2) is 19.4 Å². The summed E-state index contributed by atoms with van der Waals surface area (Å²) in [4.78, 5) is 20.8. The maximum atomic E-state index is 12.9. The maximum absolute atomic E-state index is 12.9. The van der Waals surface area contributed by atoms with Crippen molar-refractivity contribution in [2.75, 3.05) is 6.61 Å². The topological polar surface area (TPSA) is 90.1 Å². The summed E-state index contributed by atoms with van der Waals surface area (Å²) in [5, 5.41) is 13.3. The zero-order chi connectivity index (χ0) is 23.2. The lowest BCUT2D eigenvalue weighted by molar-refractivity contribution is -0.142. The van der Waals surface area contributed by atoms with Crippen molar-refractivity contribution >= 4 is 17.3 Å². The Morgan fingerprint density at radius 1 is 1.18 bits per heavy atom. The fourth-order valence-corrected chi connectivity index (χ4v) is 4.70. The summed E-state index contributed by atoms with van der Waals surface area (Å²) in [5.41, 5.74) is 3.03. The fourth-order valence-electron chi connectivity index (χ4n) is 3.65. The number of ether oxygens (including phenoxy) is 1. The highest BCUT2D eigenvalue weighted by Gasteiger charge is 2.31. The molecule has 7 nitrogen and oxygen atoms in total. The monoisotopic (exact) mass is 472 g/mol. The maximum Gasteiger partial charge on any atom is 0.408 e. The van der Waals surface area contributed by atoms with Crippen LogP contribution in [0.5, 0.6) is 5.75 Å². The molecule has 5 rings (SSSR count). The van der Waals surface area contributed by atoms with Gasteiger partial charge in [-0.05, 0) is 35.4 Å². The van der Waals surface area contributed by atoms with Crippen molar-refractivity contribution in [2.24, 2.45) is 0 Å². The number of aromatic carboxylic acids is 1. The number of alkyl halides is 3. The molecule has 0 aliphatic carbocycles. The molecule has 0 unspecified atom stereocenters. The van der Waals surface area contributed by atoms with Crippen molar-refractivity contribution in [2.45, 2.75) is 19.1 Å². The summed E-state index contributed by atoms with van der Waals surface area (Å²) in [6.07, 6.45) is -2.80. The molecule has 1 N–H and O–H groups in total. The number of carboxylic acid groups (broad SMARTS) is 1. The molecule has 1 aliphatic rings. The van der Waals surface area contributed by atoms with Gasteiger partial charge in [-0.1, -0.05) is 18.2 Å². The Morgan fingerprint density at radius 3 is 2.79 bits per heavy atom. The number of hydrogen-bond donors (Lipinski definition) is 1. The van der Waals surface area contributed by atoms with Crippen LogP contribution in [0.1, 0.15) is 15.2 Å². The molecular formula is C22H15F3N4O3S. The molecular weight excluding hydrogens is 457 g/mol. The van der Waals surface area contributed by atoms with E-state index in [4.69, 9.17) is 4.74 Å². The number of halogens is 3. The molecule has 0 fully saturated rings. The molecule has 168 valence electrons. The van der Waals surface area contributed by atoms with Crippen molar-refractivity contribution in [1.29, 1.82) is 0 Å². The summed E-state index contributed by atoms with van der Waals surface area (Å²) < 4.78 is 45.4. The average molecular weight is 472 g/mol. The summed E-state index contributed by atoms with van der Waals surface area (Å²) in [5.74, 6) is -0.378. The summed E-state index contributed by atoms with van der Waals surface area (Å²) in [6.45, 7) is -0.874. The molecule has 0 radical (unpaired) electrons. The third kappa shape index (κ3) is 4.19. The molecule has 0 saturated carbocycles. The van der Waals surface area contributed by atoms with Gasteiger partial charge in [-0.15, -0.1) is 11.3 Å². The number of aromatic nitrogens is 4. The van der Waals surface area contributed by atoms with Crippen LogP contribution < -0.4 is 4.74 Å². The van der Waals surface area contributed by atoms with Crippen LogP contribution >= 0.6 is 11.3 Å². The van der Waals surface area contributed by atoms with E-state index in [1.165, 1.54) is 17.4 Å². The molecule has 0 amide bonds. The highest BCUT2D eigenvalue weighted by atomic mass is 32.1. The van der Waals surface area contributed by atoms with Gasteiger partial charge in [0.25, 0.3) is 0 Å². The number of benzene rings is 2. The van der Waals surface area contributed by atoms with Crippen LogP contribution in [0.25, 0.3) is 33.2 Å². The number of thiazole rings is 1. The zero-order valence-corrected chi connectivity index (χ0v) is 17.7. The molecule has 0 saturated heterocycles. The third-order valence-corrected chi connectivity index (χ3v) is 6.21. The first-order valence-corrected chi connectivity index (χ1v) is 10.7. The predicted molar refractivity (Wildman–Crippen MR) is 114 cm³/mol. The van der Waals surface area contributed by atoms with Crippen molar-refractivity contribution < 1.29 is 27.8 Å². The van der Waals surface area contributed by atoms with Gasteiger partial charge in [0.05, 0.1) is 17.9 Å². The van der Waals surface area contributed by atoms with Crippen LogP contribution in [0, 0.1) is 0 Å². The Bertz CT molecular complexity index is 1360. The lowest BCUT2D eigenvalue weighted by atomic mass is 10.00. The second-order valence-electron chi connectivity index (χ2n) is 7.34. The van der Waals surface area contributed by atoms with Crippen LogP contribution in [-0.4, -0.2) is 43.6 Å². The van der Waals surface area contributed by atoms with Crippen molar-refractivity contribution in [3.05, 3.63) is 59.2 Å². The van der Waals surface area contributed by atoms with Crippen LogP contribution in [0.15, 0.2) is 48.8 Å². The van der Waals surface area contributed by atoms with E-state index in [1.54, 1.807) is 12.1 Å². The Labute approximate surface area is 189 Å². The number of rotatable bonds is 4. The number of fused-ring (bicyclic) bond motifs is 3. The molecule has 1 aliphatic heterocycles. The highest BCUT2D eigenvalue weighted by molar-refractivity contribution is 7.15. The minimum atomic E-state index is -4.43. The minimum Gasteiger partial charge on any atom is -0.492 e. The van der Waals surface area contributed by atoms with Gasteiger partial charge in [0, 0.05) is 16.9 Å². The molecule has 4 aromatic rings. The molecule has 3 heterocycles. The van der Waals surface area contributed by atoms with E-state index in [2.05, 4.69) is 15.1 Å². The molecule has 0 bridgehead atoms. The Morgan fingerprint density at radius 2 is 2.00 bits per heavy atom. The van der Waals surface area contributed by atoms with Crippen LogP contribution in [0.3, 0.4) is 0 Å². The zero-order valence-electron chi connectivity index (χ0n) is 16.8. The van der Waals surface area contributed by atoms with E-state index in [-0.39, 0.29) is 11.4 Å². The Kier molecular flexibility index (Phi) is 5.12. The van der Waals surface area contributed by atoms with Crippen LogP contribution in [0.4, 0.5) is 13.2 Å². The van der Waals surface area contributed by atoms with E-state index < -0.39 is 18.7 Å². The van der Waals surface area contributed by atoms with Gasteiger partial charge in [-0.3, -0.25) is 0 Å². The van der Waals surface area contributed by atoms with Gasteiger partial charge in [0.15, 0.2) is 10.8 Å². The molecule has 11 heteroatoms. The SMILES string of the molecule is O=C(O)c1cccc(-c2ccc3c(c2)OCCc2sc(-c4ncnn4CC(F)(F)F)nc2-3)c1.